The van der Waals surface area contributed by atoms with Gasteiger partial charge in [0.05, 0.1) is 24.3 Å². The standard InChI is InChI=1S/C17H15N3O4/c1-9-6-13-15(17(21)20(9)22)14(12(8-18)16(19)24-13)10-4-3-5-11(7-10)23-2/h3-7,14,22H,19H2,1-2H3. The van der Waals surface area contributed by atoms with Gasteiger partial charge in [-0.05, 0) is 24.6 Å². The third-order valence-corrected chi connectivity index (χ3v) is 3.97. The Bertz CT molecular complexity index is 953. The lowest BCUT2D eigenvalue weighted by molar-refractivity contribution is 0.165. The lowest BCUT2D eigenvalue weighted by atomic mass is 9.84. The molecule has 3 N–H and O–H groups in total. The van der Waals surface area contributed by atoms with Crippen molar-refractivity contribution in [2.75, 3.05) is 7.11 Å². The number of aromatic nitrogens is 1. The van der Waals surface area contributed by atoms with Gasteiger partial charge in [0.15, 0.2) is 0 Å². The van der Waals surface area contributed by atoms with Crippen LogP contribution in [0.4, 0.5) is 0 Å². The van der Waals surface area contributed by atoms with Crippen molar-refractivity contribution in [1.29, 1.82) is 5.26 Å². The minimum atomic E-state index is -0.750. The van der Waals surface area contributed by atoms with E-state index >= 15 is 0 Å². The van der Waals surface area contributed by atoms with E-state index in [-0.39, 0.29) is 22.8 Å². The summed E-state index contributed by atoms with van der Waals surface area (Å²) in [4.78, 5) is 12.6. The van der Waals surface area contributed by atoms with Gasteiger partial charge in [0.25, 0.3) is 5.56 Å². The fourth-order valence-corrected chi connectivity index (χ4v) is 2.79. The number of hydrogen-bond donors (Lipinski definition) is 2. The van der Waals surface area contributed by atoms with Crippen LogP contribution >= 0.6 is 0 Å². The smallest absolute Gasteiger partial charge is 0.291 e. The maximum Gasteiger partial charge on any atom is 0.291 e. The molecule has 1 aromatic heterocycles. The number of ether oxygens (including phenoxy) is 2. The first-order chi connectivity index (χ1) is 11.5. The van der Waals surface area contributed by atoms with E-state index in [9.17, 15) is 15.3 Å². The van der Waals surface area contributed by atoms with Crippen LogP contribution in [0.2, 0.25) is 0 Å². The number of fused-ring (bicyclic) bond motifs is 1. The molecule has 0 bridgehead atoms. The van der Waals surface area contributed by atoms with E-state index in [2.05, 4.69) is 0 Å². The molecule has 1 atom stereocenters. The minimum absolute atomic E-state index is 0.0627. The summed E-state index contributed by atoms with van der Waals surface area (Å²) in [6, 6.07) is 10.5. The van der Waals surface area contributed by atoms with E-state index in [4.69, 9.17) is 15.2 Å². The van der Waals surface area contributed by atoms with Crippen LogP contribution in [0.15, 0.2) is 46.6 Å². The molecule has 0 fully saturated rings. The number of methoxy groups -OCH3 is 1. The van der Waals surface area contributed by atoms with Crippen molar-refractivity contribution in [3.63, 3.8) is 0 Å². The van der Waals surface area contributed by atoms with E-state index in [1.54, 1.807) is 31.2 Å². The molecule has 1 aliphatic heterocycles. The zero-order valence-electron chi connectivity index (χ0n) is 13.1. The Morgan fingerprint density at radius 2 is 2.17 bits per heavy atom. The molecule has 1 unspecified atom stereocenters. The van der Waals surface area contributed by atoms with Crippen molar-refractivity contribution in [3.05, 3.63) is 69.0 Å². The van der Waals surface area contributed by atoms with E-state index in [0.29, 0.717) is 21.7 Å². The molecular formula is C17H15N3O4. The number of aryl methyl sites for hydroxylation is 1. The molecular weight excluding hydrogens is 310 g/mol. The normalized spacial score (nSPS) is 16.1. The summed E-state index contributed by atoms with van der Waals surface area (Å²) in [6.07, 6.45) is 0. The van der Waals surface area contributed by atoms with Gasteiger partial charge in [0.2, 0.25) is 5.88 Å². The highest BCUT2D eigenvalue weighted by Gasteiger charge is 2.34. The Kier molecular flexibility index (Phi) is 3.66. The molecule has 0 aliphatic carbocycles. The van der Waals surface area contributed by atoms with Gasteiger partial charge < -0.3 is 20.4 Å². The monoisotopic (exact) mass is 325 g/mol. The number of nitriles is 1. The third-order valence-electron chi connectivity index (χ3n) is 3.97. The lowest BCUT2D eigenvalue weighted by Gasteiger charge is -2.26. The van der Waals surface area contributed by atoms with Crippen LogP contribution in [0.25, 0.3) is 0 Å². The molecule has 7 nitrogen and oxygen atoms in total. The second-order valence-corrected chi connectivity index (χ2v) is 5.38. The highest BCUT2D eigenvalue weighted by Crippen LogP contribution is 2.40. The van der Waals surface area contributed by atoms with Crippen molar-refractivity contribution in [1.82, 2.24) is 4.73 Å². The fourth-order valence-electron chi connectivity index (χ4n) is 2.79. The third kappa shape index (κ3) is 2.25. The van der Waals surface area contributed by atoms with Crippen molar-refractivity contribution in [2.24, 2.45) is 5.73 Å². The lowest BCUT2D eigenvalue weighted by Crippen LogP contribution is -2.31. The van der Waals surface area contributed by atoms with E-state index in [1.807, 2.05) is 6.07 Å². The zero-order chi connectivity index (χ0) is 17.4. The quantitative estimate of drug-likeness (QED) is 0.812. The van der Waals surface area contributed by atoms with Crippen LogP contribution in [0, 0.1) is 18.3 Å². The van der Waals surface area contributed by atoms with Gasteiger partial charge in [-0.25, -0.2) is 0 Å². The number of nitrogens with two attached hydrogens (primary N) is 1. The second kappa shape index (κ2) is 5.66. The summed E-state index contributed by atoms with van der Waals surface area (Å²) in [5, 5.41) is 19.4. The number of hydrogen-bond acceptors (Lipinski definition) is 6. The van der Waals surface area contributed by atoms with Gasteiger partial charge in [-0.15, -0.1) is 0 Å². The highest BCUT2D eigenvalue weighted by atomic mass is 16.5. The van der Waals surface area contributed by atoms with Crippen LogP contribution in [-0.2, 0) is 0 Å². The molecule has 7 heteroatoms. The van der Waals surface area contributed by atoms with Gasteiger partial charge in [0.1, 0.15) is 23.1 Å². The Balaban J connectivity index is 2.33. The van der Waals surface area contributed by atoms with Crippen molar-refractivity contribution >= 4 is 0 Å². The summed E-state index contributed by atoms with van der Waals surface area (Å²) in [5.74, 6) is -0.00683. The number of allylic oxidation sites excluding steroid dienone is 1. The number of nitrogens with zero attached hydrogens (tertiary/aromatic N) is 2. The molecule has 0 radical (unpaired) electrons. The zero-order valence-corrected chi connectivity index (χ0v) is 13.1. The van der Waals surface area contributed by atoms with E-state index < -0.39 is 11.5 Å². The van der Waals surface area contributed by atoms with Crippen LogP contribution in [0.1, 0.15) is 22.7 Å². The first-order valence-electron chi connectivity index (χ1n) is 7.15. The first kappa shape index (κ1) is 15.5. The molecule has 0 saturated carbocycles. The van der Waals surface area contributed by atoms with E-state index in [0.717, 1.165) is 0 Å². The maximum atomic E-state index is 12.6. The van der Waals surface area contributed by atoms with Crippen LogP contribution < -0.4 is 20.8 Å². The second-order valence-electron chi connectivity index (χ2n) is 5.38. The molecule has 2 heterocycles. The van der Waals surface area contributed by atoms with Crippen molar-refractivity contribution in [3.8, 4) is 17.6 Å². The molecule has 1 aliphatic rings. The summed E-state index contributed by atoms with van der Waals surface area (Å²) in [7, 11) is 1.52. The predicted octanol–water partition coefficient (Wildman–Crippen LogP) is 1.62. The summed E-state index contributed by atoms with van der Waals surface area (Å²) < 4.78 is 11.2. The van der Waals surface area contributed by atoms with Gasteiger partial charge in [0, 0.05) is 6.07 Å². The Morgan fingerprint density at radius 3 is 2.83 bits per heavy atom. The van der Waals surface area contributed by atoms with Crippen LogP contribution in [0.5, 0.6) is 11.5 Å². The average molecular weight is 325 g/mol. The van der Waals surface area contributed by atoms with Gasteiger partial charge in [-0.3, -0.25) is 4.79 Å². The first-order valence-corrected chi connectivity index (χ1v) is 7.15. The van der Waals surface area contributed by atoms with Gasteiger partial charge in [-0.2, -0.15) is 9.99 Å². The van der Waals surface area contributed by atoms with Crippen LogP contribution in [0.3, 0.4) is 0 Å². The molecule has 1 aromatic carbocycles. The Labute approximate surface area is 137 Å². The predicted molar refractivity (Wildman–Crippen MR) is 84.9 cm³/mol. The molecule has 2 aromatic rings. The molecule has 24 heavy (non-hydrogen) atoms. The molecule has 0 saturated heterocycles. The Hall–Kier alpha value is -3.40. The minimum Gasteiger partial charge on any atom is -0.497 e. The number of pyridine rings is 1. The summed E-state index contributed by atoms with van der Waals surface area (Å²) >= 11 is 0. The molecule has 122 valence electrons. The Morgan fingerprint density at radius 1 is 1.42 bits per heavy atom. The van der Waals surface area contributed by atoms with Crippen LogP contribution in [-0.4, -0.2) is 17.0 Å². The SMILES string of the molecule is COc1cccc(C2C(C#N)=C(N)Oc3cc(C)n(O)c(=O)c32)c1. The number of benzene rings is 1. The largest absolute Gasteiger partial charge is 0.497 e. The maximum absolute atomic E-state index is 12.6. The topological polar surface area (TPSA) is 110 Å². The molecule has 3 rings (SSSR count). The van der Waals surface area contributed by atoms with Crippen molar-refractivity contribution < 1.29 is 14.7 Å². The van der Waals surface area contributed by atoms with Crippen molar-refractivity contribution in [2.45, 2.75) is 12.8 Å². The molecule has 0 spiro atoms. The highest BCUT2D eigenvalue weighted by molar-refractivity contribution is 5.55. The molecule has 0 amide bonds. The average Bonchev–Trinajstić information content (AvgIpc) is 2.58. The van der Waals surface area contributed by atoms with E-state index in [1.165, 1.54) is 13.2 Å². The summed E-state index contributed by atoms with van der Waals surface area (Å²) in [6.45, 7) is 1.56. The number of rotatable bonds is 2. The van der Waals surface area contributed by atoms with Gasteiger partial charge >= 0.3 is 0 Å². The fraction of sp³-hybridized carbons (Fsp3) is 0.176. The summed E-state index contributed by atoms with van der Waals surface area (Å²) in [5.41, 5.74) is 6.42. The van der Waals surface area contributed by atoms with Gasteiger partial charge in [-0.1, -0.05) is 12.1 Å².